The second kappa shape index (κ2) is 6.34. The van der Waals surface area contributed by atoms with Gasteiger partial charge in [-0.2, -0.15) is 0 Å². The maximum atomic E-state index is 11.4. The van der Waals surface area contributed by atoms with E-state index in [1.165, 1.54) is 18.0 Å². The summed E-state index contributed by atoms with van der Waals surface area (Å²) in [6.45, 7) is 0. The van der Waals surface area contributed by atoms with Crippen LogP contribution in [-0.2, 0) is 5.75 Å². The molecule has 0 aliphatic rings. The highest BCUT2D eigenvalue weighted by atomic mass is 35.5. The third-order valence-electron chi connectivity index (χ3n) is 2.37. The number of amides is 1. The van der Waals surface area contributed by atoms with Crippen LogP contribution in [0.3, 0.4) is 0 Å². The lowest BCUT2D eigenvalue weighted by Crippen LogP contribution is -2.30. The van der Waals surface area contributed by atoms with Gasteiger partial charge in [0.25, 0.3) is 0 Å². The van der Waals surface area contributed by atoms with E-state index in [4.69, 9.17) is 33.5 Å². The molecule has 1 heterocycles. The molecule has 100 valence electrons. The molecule has 7 heteroatoms. The molecule has 0 atom stereocenters. The van der Waals surface area contributed by atoms with Gasteiger partial charge in [-0.05, 0) is 24.3 Å². The number of nitrogen functional groups attached to an aromatic ring is 1. The quantitative estimate of drug-likeness (QED) is 0.392. The zero-order valence-electron chi connectivity index (χ0n) is 9.65. The van der Waals surface area contributed by atoms with E-state index in [1.807, 2.05) is 11.5 Å². The predicted molar refractivity (Wildman–Crippen MR) is 76.4 cm³/mol. The topological polar surface area (TPSA) is 68.3 Å². The number of nitrogens with one attached hydrogen (secondary N) is 1. The third-order valence-corrected chi connectivity index (χ3v) is 4.15. The van der Waals surface area contributed by atoms with Gasteiger partial charge in [-0.3, -0.25) is 10.2 Å². The molecule has 0 bridgehead atoms. The Balaban J connectivity index is 2.08. The van der Waals surface area contributed by atoms with Gasteiger partial charge in [0.15, 0.2) is 5.76 Å². The lowest BCUT2D eigenvalue weighted by atomic mass is 10.3. The van der Waals surface area contributed by atoms with E-state index in [2.05, 4.69) is 0 Å². The predicted octanol–water partition coefficient (Wildman–Crippen LogP) is 3.48. The first kappa shape index (κ1) is 14.3. The lowest BCUT2D eigenvalue weighted by molar-refractivity contribution is 0.0925. The number of rotatable bonds is 4. The van der Waals surface area contributed by atoms with Crippen molar-refractivity contribution in [2.75, 3.05) is 0 Å². The Kier molecular flexibility index (Phi) is 4.76. The van der Waals surface area contributed by atoms with Gasteiger partial charge in [0.1, 0.15) is 0 Å². The molecule has 0 unspecified atom stereocenters. The van der Waals surface area contributed by atoms with Crippen LogP contribution in [0.1, 0.15) is 16.1 Å². The van der Waals surface area contributed by atoms with Crippen molar-refractivity contribution < 1.29 is 9.21 Å². The number of benzene rings is 1. The molecule has 0 saturated carbocycles. The van der Waals surface area contributed by atoms with Crippen molar-refractivity contribution in [3.8, 4) is 0 Å². The van der Waals surface area contributed by atoms with E-state index in [-0.39, 0.29) is 5.76 Å². The average Bonchev–Trinajstić information content (AvgIpc) is 2.87. The Morgan fingerprint density at radius 3 is 2.79 bits per heavy atom. The minimum atomic E-state index is -0.449. The average molecular weight is 317 g/mol. The molecule has 0 saturated heterocycles. The van der Waals surface area contributed by atoms with Crippen LogP contribution in [0.2, 0.25) is 10.0 Å². The largest absolute Gasteiger partial charge is 0.459 e. The molecule has 1 aromatic heterocycles. The Morgan fingerprint density at radius 2 is 2.11 bits per heavy atom. The molecular formula is C12H10Cl2N2O2S. The summed E-state index contributed by atoms with van der Waals surface area (Å²) in [7, 11) is 0. The summed E-state index contributed by atoms with van der Waals surface area (Å²) < 4.78 is 5.10. The minimum absolute atomic E-state index is 0.218. The van der Waals surface area contributed by atoms with E-state index in [9.17, 15) is 4.79 Å². The second-order valence-corrected chi connectivity index (χ2v) is 5.48. The molecule has 19 heavy (non-hydrogen) atoms. The highest BCUT2D eigenvalue weighted by Gasteiger charge is 2.14. The number of halogens is 2. The number of hydrazine groups is 1. The van der Waals surface area contributed by atoms with Gasteiger partial charge in [0, 0.05) is 16.2 Å². The summed E-state index contributed by atoms with van der Waals surface area (Å²) in [6.07, 6.45) is 1.45. The third kappa shape index (κ3) is 3.45. The number of thioether (sulfide) groups is 1. The zero-order valence-corrected chi connectivity index (χ0v) is 12.0. The Hall–Kier alpha value is -1.14. The fourth-order valence-electron chi connectivity index (χ4n) is 1.44. The maximum absolute atomic E-state index is 11.4. The summed E-state index contributed by atoms with van der Waals surface area (Å²) in [4.78, 5) is 12.4. The van der Waals surface area contributed by atoms with Crippen molar-refractivity contribution in [2.45, 2.75) is 10.6 Å². The highest BCUT2D eigenvalue weighted by molar-refractivity contribution is 7.98. The van der Waals surface area contributed by atoms with Crippen LogP contribution >= 0.6 is 35.0 Å². The first-order chi connectivity index (χ1) is 9.11. The van der Waals surface area contributed by atoms with Crippen molar-refractivity contribution in [1.29, 1.82) is 0 Å². The van der Waals surface area contributed by atoms with Crippen LogP contribution in [0.25, 0.3) is 0 Å². The fraction of sp³-hybridized carbons (Fsp3) is 0.0833. The summed E-state index contributed by atoms with van der Waals surface area (Å²) >= 11 is 13.3. The van der Waals surface area contributed by atoms with E-state index >= 15 is 0 Å². The van der Waals surface area contributed by atoms with E-state index in [1.54, 1.807) is 18.2 Å². The minimum Gasteiger partial charge on any atom is -0.459 e. The molecule has 0 aliphatic heterocycles. The SMILES string of the molecule is NNC(=O)c1occc1CSc1ccc(Cl)c(Cl)c1. The van der Waals surface area contributed by atoms with E-state index < -0.39 is 5.91 Å². The van der Waals surface area contributed by atoms with Crippen molar-refractivity contribution in [1.82, 2.24) is 5.43 Å². The summed E-state index contributed by atoms with van der Waals surface area (Å²) in [5.41, 5.74) is 2.81. The number of carbonyl (C=O) groups is 1. The summed E-state index contributed by atoms with van der Waals surface area (Å²) in [6, 6.07) is 7.10. The number of carbonyl (C=O) groups excluding carboxylic acids is 1. The molecule has 2 aromatic rings. The smallest absolute Gasteiger partial charge is 0.301 e. The monoisotopic (exact) mass is 316 g/mol. The van der Waals surface area contributed by atoms with Crippen molar-refractivity contribution in [2.24, 2.45) is 5.84 Å². The van der Waals surface area contributed by atoms with Crippen molar-refractivity contribution in [3.05, 3.63) is 51.9 Å². The maximum Gasteiger partial charge on any atom is 0.301 e. The molecule has 0 spiro atoms. The highest BCUT2D eigenvalue weighted by Crippen LogP contribution is 2.30. The number of hydrogen-bond acceptors (Lipinski definition) is 4. The van der Waals surface area contributed by atoms with Crippen molar-refractivity contribution >= 4 is 40.9 Å². The fourth-order valence-corrected chi connectivity index (χ4v) is 2.72. The zero-order chi connectivity index (χ0) is 13.8. The Bertz CT molecular complexity index is 601. The molecule has 0 aliphatic carbocycles. The van der Waals surface area contributed by atoms with Crippen LogP contribution in [0.4, 0.5) is 0 Å². The van der Waals surface area contributed by atoms with Gasteiger partial charge in [-0.1, -0.05) is 23.2 Å². The van der Waals surface area contributed by atoms with Gasteiger partial charge in [0.05, 0.1) is 16.3 Å². The molecule has 0 radical (unpaired) electrons. The van der Waals surface area contributed by atoms with E-state index in [0.717, 1.165) is 10.5 Å². The first-order valence-electron chi connectivity index (χ1n) is 5.27. The van der Waals surface area contributed by atoms with Gasteiger partial charge in [-0.15, -0.1) is 11.8 Å². The molecule has 1 aromatic carbocycles. The second-order valence-electron chi connectivity index (χ2n) is 3.61. The normalized spacial score (nSPS) is 10.5. The number of hydrogen-bond donors (Lipinski definition) is 2. The van der Waals surface area contributed by atoms with Gasteiger partial charge < -0.3 is 4.42 Å². The summed E-state index contributed by atoms with van der Waals surface area (Å²) in [5.74, 6) is 5.41. The molecule has 1 amide bonds. The van der Waals surface area contributed by atoms with Crippen LogP contribution in [0.5, 0.6) is 0 Å². The molecule has 2 rings (SSSR count). The van der Waals surface area contributed by atoms with Crippen LogP contribution in [0, 0.1) is 0 Å². The number of furan rings is 1. The van der Waals surface area contributed by atoms with Gasteiger partial charge in [-0.25, -0.2) is 5.84 Å². The first-order valence-corrected chi connectivity index (χ1v) is 7.01. The van der Waals surface area contributed by atoms with E-state index in [0.29, 0.717) is 15.8 Å². The summed E-state index contributed by atoms with van der Waals surface area (Å²) in [5, 5.41) is 1.01. The van der Waals surface area contributed by atoms with Crippen molar-refractivity contribution in [3.63, 3.8) is 0 Å². The Labute approximate surface area is 124 Å². The number of nitrogens with two attached hydrogens (primary N) is 1. The standard InChI is InChI=1S/C12H10Cl2N2O2S/c13-9-2-1-8(5-10(9)14)19-6-7-3-4-18-11(7)12(17)16-15/h1-5H,6,15H2,(H,16,17). The van der Waals surface area contributed by atoms with Crippen LogP contribution in [-0.4, -0.2) is 5.91 Å². The Morgan fingerprint density at radius 1 is 1.32 bits per heavy atom. The lowest BCUT2D eigenvalue weighted by Gasteiger charge is -2.03. The van der Waals surface area contributed by atoms with Crippen LogP contribution < -0.4 is 11.3 Å². The molecular weight excluding hydrogens is 307 g/mol. The van der Waals surface area contributed by atoms with Gasteiger partial charge >= 0.3 is 5.91 Å². The molecule has 3 N–H and O–H groups in total. The molecule has 0 fully saturated rings. The molecule has 4 nitrogen and oxygen atoms in total. The van der Waals surface area contributed by atoms with Crippen LogP contribution in [0.15, 0.2) is 39.8 Å². The van der Waals surface area contributed by atoms with Gasteiger partial charge in [0.2, 0.25) is 0 Å².